The van der Waals surface area contributed by atoms with E-state index in [0.29, 0.717) is 11.3 Å². The average molecular weight is 401 g/mol. The predicted octanol–water partition coefficient (Wildman–Crippen LogP) is 3.74. The molecule has 116 valence electrons. The van der Waals surface area contributed by atoms with E-state index >= 15 is 0 Å². The molecule has 0 aromatic carbocycles. The second kappa shape index (κ2) is 13.3. The summed E-state index contributed by atoms with van der Waals surface area (Å²) in [6, 6.07) is 0.481. The molecule has 2 N–H and O–H groups in total. The first kappa shape index (κ1) is 21.6. The van der Waals surface area contributed by atoms with Crippen LogP contribution in [0.15, 0.2) is 4.99 Å². The minimum absolute atomic E-state index is 0. The summed E-state index contributed by atoms with van der Waals surface area (Å²) in [6.45, 7) is 12.9. The number of nitrogens with zero attached hydrogens (tertiary/aromatic N) is 1. The highest BCUT2D eigenvalue weighted by Gasteiger charge is 2.06. The summed E-state index contributed by atoms with van der Waals surface area (Å²) in [7, 11) is 0. The minimum Gasteiger partial charge on any atom is -0.357 e. The van der Waals surface area contributed by atoms with Gasteiger partial charge in [-0.05, 0) is 38.9 Å². The third-order valence-corrected chi connectivity index (χ3v) is 3.77. The largest absolute Gasteiger partial charge is 0.357 e. The Morgan fingerprint density at radius 3 is 2.26 bits per heavy atom. The molecule has 0 spiro atoms. The van der Waals surface area contributed by atoms with Gasteiger partial charge in [0.05, 0.1) is 6.54 Å². The Morgan fingerprint density at radius 1 is 1.16 bits per heavy atom. The maximum Gasteiger partial charge on any atom is 0.191 e. The van der Waals surface area contributed by atoms with E-state index in [9.17, 15) is 0 Å². The molecule has 0 aromatic rings. The molecular weight excluding hydrogens is 369 g/mol. The van der Waals surface area contributed by atoms with Crippen LogP contribution >= 0.6 is 35.7 Å². The lowest BCUT2D eigenvalue weighted by molar-refractivity contribution is 0.489. The fourth-order valence-electron chi connectivity index (χ4n) is 1.50. The Bertz CT molecular complexity index is 235. The van der Waals surface area contributed by atoms with Gasteiger partial charge in [0.25, 0.3) is 0 Å². The molecule has 0 saturated carbocycles. The first-order valence-electron chi connectivity index (χ1n) is 7.07. The average Bonchev–Trinajstić information content (AvgIpc) is 2.33. The van der Waals surface area contributed by atoms with Crippen molar-refractivity contribution >= 4 is 41.7 Å². The monoisotopic (exact) mass is 401 g/mol. The Hall–Kier alpha value is 0.350. The standard InChI is InChI=1S/C14H31N3S.HI/c1-7-15-14(16-10-13(5)18-6)17-12(4)9-8-11(2)3;/h11-13H,7-10H2,1-6H3,(H2,15,16,17);1H. The molecule has 0 radical (unpaired) electrons. The topological polar surface area (TPSA) is 36.4 Å². The number of hydrogen-bond acceptors (Lipinski definition) is 2. The zero-order valence-electron chi connectivity index (χ0n) is 13.3. The van der Waals surface area contributed by atoms with Crippen molar-refractivity contribution in [3.05, 3.63) is 0 Å². The second-order valence-electron chi connectivity index (χ2n) is 5.28. The predicted molar refractivity (Wildman–Crippen MR) is 101 cm³/mol. The molecule has 0 aliphatic carbocycles. The molecule has 2 unspecified atom stereocenters. The fourth-order valence-corrected chi connectivity index (χ4v) is 1.73. The van der Waals surface area contributed by atoms with Crippen LogP contribution in [0, 0.1) is 5.92 Å². The minimum atomic E-state index is 0. The van der Waals surface area contributed by atoms with Gasteiger partial charge in [-0.15, -0.1) is 24.0 Å². The third kappa shape index (κ3) is 13.1. The molecule has 0 heterocycles. The lowest BCUT2D eigenvalue weighted by Gasteiger charge is -2.19. The van der Waals surface area contributed by atoms with Crippen molar-refractivity contribution in [2.75, 3.05) is 19.3 Å². The van der Waals surface area contributed by atoms with E-state index in [0.717, 1.165) is 25.0 Å². The number of halogens is 1. The van der Waals surface area contributed by atoms with Crippen LogP contribution in [0.1, 0.15) is 47.5 Å². The summed E-state index contributed by atoms with van der Waals surface area (Å²) in [6.07, 6.45) is 4.58. The van der Waals surface area contributed by atoms with Gasteiger partial charge < -0.3 is 10.6 Å². The van der Waals surface area contributed by atoms with E-state index in [1.54, 1.807) is 0 Å². The zero-order chi connectivity index (χ0) is 14.0. The third-order valence-electron chi connectivity index (χ3n) is 2.81. The van der Waals surface area contributed by atoms with E-state index in [1.807, 2.05) is 11.8 Å². The summed E-state index contributed by atoms with van der Waals surface area (Å²) < 4.78 is 0. The van der Waals surface area contributed by atoms with Crippen molar-refractivity contribution in [3.8, 4) is 0 Å². The fraction of sp³-hybridized carbons (Fsp3) is 0.929. The highest BCUT2D eigenvalue weighted by Crippen LogP contribution is 2.07. The van der Waals surface area contributed by atoms with Gasteiger partial charge >= 0.3 is 0 Å². The van der Waals surface area contributed by atoms with Crippen molar-refractivity contribution < 1.29 is 0 Å². The van der Waals surface area contributed by atoms with Gasteiger partial charge in [0.1, 0.15) is 0 Å². The highest BCUT2D eigenvalue weighted by atomic mass is 127. The Morgan fingerprint density at radius 2 is 1.79 bits per heavy atom. The highest BCUT2D eigenvalue weighted by molar-refractivity contribution is 14.0. The van der Waals surface area contributed by atoms with Crippen molar-refractivity contribution in [1.29, 1.82) is 0 Å². The SMILES string of the molecule is CCNC(=NCC(C)SC)NC(C)CCC(C)C.I. The summed E-state index contributed by atoms with van der Waals surface area (Å²) in [4.78, 5) is 4.62. The molecule has 19 heavy (non-hydrogen) atoms. The lowest BCUT2D eigenvalue weighted by atomic mass is 10.0. The van der Waals surface area contributed by atoms with Crippen molar-refractivity contribution in [2.45, 2.75) is 58.8 Å². The van der Waals surface area contributed by atoms with Crippen LogP contribution in [0.2, 0.25) is 0 Å². The van der Waals surface area contributed by atoms with Gasteiger partial charge in [-0.2, -0.15) is 11.8 Å². The summed E-state index contributed by atoms with van der Waals surface area (Å²) in [5.41, 5.74) is 0. The van der Waals surface area contributed by atoms with Crippen LogP contribution in [-0.4, -0.2) is 36.6 Å². The smallest absolute Gasteiger partial charge is 0.191 e. The number of rotatable bonds is 8. The summed E-state index contributed by atoms with van der Waals surface area (Å²) >= 11 is 1.86. The molecule has 2 atom stereocenters. The van der Waals surface area contributed by atoms with Crippen LogP contribution in [0.25, 0.3) is 0 Å². The molecular formula is C14H32IN3S. The maximum atomic E-state index is 4.62. The summed E-state index contributed by atoms with van der Waals surface area (Å²) in [5.74, 6) is 1.72. The van der Waals surface area contributed by atoms with E-state index in [4.69, 9.17) is 0 Å². The van der Waals surface area contributed by atoms with Crippen LogP contribution in [0.3, 0.4) is 0 Å². The molecule has 0 amide bonds. The van der Waals surface area contributed by atoms with Crippen molar-refractivity contribution in [1.82, 2.24) is 10.6 Å². The molecule has 0 saturated heterocycles. The van der Waals surface area contributed by atoms with Gasteiger partial charge in [0, 0.05) is 17.8 Å². The van der Waals surface area contributed by atoms with Crippen LogP contribution in [0.5, 0.6) is 0 Å². The number of nitrogens with one attached hydrogen (secondary N) is 2. The van der Waals surface area contributed by atoms with Crippen LogP contribution in [-0.2, 0) is 0 Å². The Balaban J connectivity index is 0. The van der Waals surface area contributed by atoms with Crippen molar-refractivity contribution in [3.63, 3.8) is 0 Å². The molecule has 0 bridgehead atoms. The molecule has 0 fully saturated rings. The second-order valence-corrected chi connectivity index (χ2v) is 6.56. The van der Waals surface area contributed by atoms with Gasteiger partial charge in [-0.25, -0.2) is 0 Å². The van der Waals surface area contributed by atoms with Crippen LogP contribution < -0.4 is 10.6 Å². The molecule has 3 nitrogen and oxygen atoms in total. The Kier molecular flexibility index (Phi) is 15.2. The van der Waals surface area contributed by atoms with E-state index < -0.39 is 0 Å². The zero-order valence-corrected chi connectivity index (χ0v) is 16.5. The number of hydrogen-bond donors (Lipinski definition) is 2. The molecule has 0 aliphatic heterocycles. The first-order chi connectivity index (χ1) is 8.49. The molecule has 5 heteroatoms. The van der Waals surface area contributed by atoms with Gasteiger partial charge in [0.15, 0.2) is 5.96 Å². The molecule has 0 aliphatic rings. The quantitative estimate of drug-likeness (QED) is 0.370. The van der Waals surface area contributed by atoms with Gasteiger partial charge in [-0.3, -0.25) is 4.99 Å². The lowest BCUT2D eigenvalue weighted by Crippen LogP contribution is -2.42. The normalized spacial score (nSPS) is 14.8. The van der Waals surface area contributed by atoms with E-state index in [2.05, 4.69) is 56.5 Å². The van der Waals surface area contributed by atoms with Crippen molar-refractivity contribution in [2.24, 2.45) is 10.9 Å². The van der Waals surface area contributed by atoms with Crippen LogP contribution in [0.4, 0.5) is 0 Å². The maximum absolute atomic E-state index is 4.62. The summed E-state index contributed by atoms with van der Waals surface area (Å²) in [5, 5.41) is 7.37. The first-order valence-corrected chi connectivity index (χ1v) is 8.36. The Labute approximate surface area is 141 Å². The number of guanidine groups is 1. The van der Waals surface area contributed by atoms with E-state index in [-0.39, 0.29) is 24.0 Å². The number of aliphatic imine (C=N–C) groups is 1. The molecule has 0 rings (SSSR count). The van der Waals surface area contributed by atoms with Gasteiger partial charge in [0.2, 0.25) is 0 Å². The number of thioether (sulfide) groups is 1. The van der Waals surface area contributed by atoms with E-state index in [1.165, 1.54) is 12.8 Å². The van der Waals surface area contributed by atoms with Gasteiger partial charge in [-0.1, -0.05) is 20.8 Å². The molecule has 0 aromatic heterocycles.